The van der Waals surface area contributed by atoms with Crippen LogP contribution in [0.15, 0.2) is 23.8 Å². The Balaban J connectivity index is 1.24. The van der Waals surface area contributed by atoms with Crippen LogP contribution in [0.4, 0.5) is 0 Å². The zero-order chi connectivity index (χ0) is 33.3. The van der Waals surface area contributed by atoms with Crippen molar-refractivity contribution in [2.24, 2.45) is 17.8 Å². The van der Waals surface area contributed by atoms with E-state index < -0.39 is 5.92 Å². The van der Waals surface area contributed by atoms with Crippen LogP contribution in [0, 0.1) is 17.8 Å². The van der Waals surface area contributed by atoms with Crippen molar-refractivity contribution in [2.45, 2.75) is 122 Å². The van der Waals surface area contributed by atoms with Gasteiger partial charge in [-0.3, -0.25) is 19.3 Å². The van der Waals surface area contributed by atoms with E-state index >= 15 is 0 Å². The minimum atomic E-state index is -0.502. The summed E-state index contributed by atoms with van der Waals surface area (Å²) in [4.78, 5) is 45.1. The molecule has 0 spiro atoms. The molecule has 4 unspecified atom stereocenters. The van der Waals surface area contributed by atoms with Gasteiger partial charge in [0.1, 0.15) is 0 Å². The van der Waals surface area contributed by atoms with Crippen LogP contribution < -0.4 is 26.2 Å². The second-order valence-electron chi connectivity index (χ2n) is 16.2. The molecule has 2 fully saturated rings. The van der Waals surface area contributed by atoms with Gasteiger partial charge in [-0.25, -0.2) is 0 Å². The lowest BCUT2D eigenvalue weighted by molar-refractivity contribution is -0.145. The number of rotatable bonds is 11. The maximum Gasteiger partial charge on any atom is 0.164 e. The third kappa shape index (κ3) is 4.85. The SMILES string of the molecule is CCCCCCC(CCCCCC)C1C(=O)CN2CC3CC(=O)c4c5c(c6ccc7c8c6c4=CCC=8C(C)(C)NC=7)=CC=C(C53)C2C1=O. The largest absolute Gasteiger partial charge is 0.382 e. The highest BCUT2D eigenvalue weighted by atomic mass is 16.2. The van der Waals surface area contributed by atoms with Gasteiger partial charge in [-0.1, -0.05) is 95.6 Å². The molecule has 3 aliphatic heterocycles. The van der Waals surface area contributed by atoms with E-state index in [0.29, 0.717) is 19.5 Å². The number of nitrogens with zero attached hydrogens (tertiary/aromatic N) is 1. The van der Waals surface area contributed by atoms with Crippen LogP contribution >= 0.6 is 0 Å². The Labute approximate surface area is 284 Å². The average Bonchev–Trinajstić information content (AvgIpc) is 3.06. The van der Waals surface area contributed by atoms with Crippen LogP contribution in [0.1, 0.15) is 127 Å². The Morgan fingerprint density at radius 2 is 1.69 bits per heavy atom. The number of carbonyl (C=O) groups excluding carboxylic acids is 3. The van der Waals surface area contributed by atoms with Gasteiger partial charge in [0.15, 0.2) is 17.3 Å². The van der Waals surface area contributed by atoms with Crippen molar-refractivity contribution in [3.05, 3.63) is 55.8 Å². The topological polar surface area (TPSA) is 66.5 Å². The maximum atomic E-state index is 14.8. The highest BCUT2D eigenvalue weighted by Gasteiger charge is 2.54. The minimum absolute atomic E-state index is 0.0458. The van der Waals surface area contributed by atoms with Crippen LogP contribution in [-0.2, 0) is 9.59 Å². The summed E-state index contributed by atoms with van der Waals surface area (Å²) < 4.78 is 0. The van der Waals surface area contributed by atoms with Crippen LogP contribution in [0.3, 0.4) is 0 Å². The minimum Gasteiger partial charge on any atom is -0.382 e. The standard InChI is InChI=1S/C43H52N2O3/c1-5-7-9-11-13-25(14-12-10-8-6-2)37-34(47)24-45-23-27-21-33(46)39-30-19-20-32-36-26(22-44-43(32,3)4)15-16-28(38(30)36)29-17-18-31(35(27)40(29)39)41(45)42(37)48/h15-19,22,25,27,35,37,41,44H,5-14,20-21,23-24H2,1-4H3. The third-order valence-corrected chi connectivity index (χ3v) is 12.9. The summed E-state index contributed by atoms with van der Waals surface area (Å²) in [6, 6.07) is 4.12. The van der Waals surface area contributed by atoms with Crippen molar-refractivity contribution in [3.63, 3.8) is 0 Å². The molecule has 48 heavy (non-hydrogen) atoms. The molecule has 8 rings (SSSR count). The van der Waals surface area contributed by atoms with Gasteiger partial charge in [-0.2, -0.15) is 0 Å². The maximum absolute atomic E-state index is 14.8. The number of ketones is 3. The lowest BCUT2D eigenvalue weighted by Crippen LogP contribution is -2.63. The summed E-state index contributed by atoms with van der Waals surface area (Å²) in [5, 5.41) is 10.8. The molecule has 0 aromatic heterocycles. The van der Waals surface area contributed by atoms with Gasteiger partial charge in [0.05, 0.1) is 24.0 Å². The van der Waals surface area contributed by atoms with Crippen LogP contribution in [0.5, 0.6) is 0 Å². The zero-order valence-corrected chi connectivity index (χ0v) is 29.4. The number of piperidine rings is 2. The molecule has 4 atom stereocenters. The fourth-order valence-electron chi connectivity index (χ4n) is 10.6. The van der Waals surface area contributed by atoms with Crippen molar-refractivity contribution in [1.29, 1.82) is 0 Å². The summed E-state index contributed by atoms with van der Waals surface area (Å²) in [5.74, 6) is 0.235. The summed E-state index contributed by atoms with van der Waals surface area (Å²) >= 11 is 0. The molecule has 2 saturated heterocycles. The van der Waals surface area contributed by atoms with E-state index in [2.05, 4.69) is 74.5 Å². The molecule has 2 aromatic carbocycles. The molecular formula is C43H52N2O3. The van der Waals surface area contributed by atoms with Crippen LogP contribution in [-0.4, -0.2) is 46.9 Å². The summed E-state index contributed by atoms with van der Waals surface area (Å²) in [5.41, 5.74) is 4.43. The Morgan fingerprint density at radius 3 is 2.42 bits per heavy atom. The van der Waals surface area contributed by atoms with E-state index in [1.165, 1.54) is 70.5 Å². The van der Waals surface area contributed by atoms with Gasteiger partial charge >= 0.3 is 0 Å². The number of Topliss-reactive ketones (excluding diaryl/α,β-unsaturated/α-hetero) is 3. The average molecular weight is 645 g/mol. The van der Waals surface area contributed by atoms with Gasteiger partial charge in [0, 0.05) is 30.6 Å². The predicted molar refractivity (Wildman–Crippen MR) is 194 cm³/mol. The van der Waals surface area contributed by atoms with Gasteiger partial charge in [-0.05, 0) is 93.3 Å². The van der Waals surface area contributed by atoms with Crippen molar-refractivity contribution in [1.82, 2.24) is 10.2 Å². The molecule has 1 N–H and O–H groups in total. The molecular weight excluding hydrogens is 592 g/mol. The Kier molecular flexibility index (Phi) is 8.13. The molecule has 0 amide bonds. The highest BCUT2D eigenvalue weighted by Crippen LogP contribution is 2.49. The molecule has 5 heteroatoms. The van der Waals surface area contributed by atoms with E-state index in [1.807, 2.05) is 0 Å². The molecule has 0 bridgehead atoms. The number of unbranched alkanes of at least 4 members (excludes halogenated alkanes) is 6. The number of carbonyl (C=O) groups is 3. The number of benzene rings is 2. The van der Waals surface area contributed by atoms with Gasteiger partial charge in [0.25, 0.3) is 0 Å². The second-order valence-corrected chi connectivity index (χ2v) is 16.2. The lowest BCUT2D eigenvalue weighted by Gasteiger charge is -2.51. The van der Waals surface area contributed by atoms with E-state index in [0.717, 1.165) is 54.0 Å². The molecule has 3 heterocycles. The number of allylic oxidation sites excluding steroid dienone is 1. The van der Waals surface area contributed by atoms with E-state index in [4.69, 9.17) is 0 Å². The summed E-state index contributed by atoms with van der Waals surface area (Å²) in [7, 11) is 0. The first-order valence-electron chi connectivity index (χ1n) is 19.1. The van der Waals surface area contributed by atoms with Crippen molar-refractivity contribution in [2.75, 3.05) is 13.1 Å². The fourth-order valence-corrected chi connectivity index (χ4v) is 10.6. The van der Waals surface area contributed by atoms with Crippen molar-refractivity contribution >= 4 is 52.0 Å². The number of fused-ring (bicyclic) bond motifs is 4. The predicted octanol–water partition coefficient (Wildman–Crippen LogP) is 5.31. The van der Waals surface area contributed by atoms with Gasteiger partial charge < -0.3 is 5.32 Å². The molecule has 2 aromatic rings. The molecule has 0 radical (unpaired) electrons. The summed E-state index contributed by atoms with van der Waals surface area (Å²) in [6.45, 7) is 9.91. The van der Waals surface area contributed by atoms with E-state index in [9.17, 15) is 14.4 Å². The summed E-state index contributed by atoms with van der Waals surface area (Å²) in [6.07, 6.45) is 21.5. The molecule has 252 valence electrons. The molecule has 3 aliphatic carbocycles. The molecule has 0 saturated carbocycles. The van der Waals surface area contributed by atoms with Crippen LogP contribution in [0.2, 0.25) is 0 Å². The fraction of sp³-hybridized carbons (Fsp3) is 0.558. The Bertz CT molecular complexity index is 2000. The normalized spacial score (nSPS) is 26.3. The third-order valence-electron chi connectivity index (χ3n) is 12.9. The highest BCUT2D eigenvalue weighted by molar-refractivity contribution is 6.11. The number of nitrogens with one attached hydrogen (secondary N) is 1. The van der Waals surface area contributed by atoms with Crippen molar-refractivity contribution < 1.29 is 14.4 Å². The monoisotopic (exact) mass is 644 g/mol. The quantitative estimate of drug-likeness (QED) is 0.266. The van der Waals surface area contributed by atoms with Gasteiger partial charge in [0.2, 0.25) is 0 Å². The van der Waals surface area contributed by atoms with Crippen LogP contribution in [0.25, 0.3) is 34.7 Å². The second kappa shape index (κ2) is 12.2. The lowest BCUT2D eigenvalue weighted by atomic mass is 9.61. The molecule has 5 nitrogen and oxygen atoms in total. The Morgan fingerprint density at radius 1 is 0.938 bits per heavy atom. The van der Waals surface area contributed by atoms with E-state index in [-0.39, 0.29) is 46.7 Å². The molecule has 6 aliphatic rings. The number of hydrogen-bond acceptors (Lipinski definition) is 5. The van der Waals surface area contributed by atoms with Crippen molar-refractivity contribution in [3.8, 4) is 0 Å². The zero-order valence-electron chi connectivity index (χ0n) is 29.4. The Hall–Kier alpha value is -3.31. The number of hydrogen-bond donors (Lipinski definition) is 1. The first-order valence-corrected chi connectivity index (χ1v) is 19.1. The smallest absolute Gasteiger partial charge is 0.164 e. The first-order chi connectivity index (χ1) is 23.2. The van der Waals surface area contributed by atoms with Gasteiger partial charge in [-0.15, -0.1) is 0 Å². The van der Waals surface area contributed by atoms with E-state index in [1.54, 1.807) is 0 Å². The first kappa shape index (κ1) is 31.9.